The molecule has 1 atom stereocenters. The Bertz CT molecular complexity index is 671. The van der Waals surface area contributed by atoms with Crippen LogP contribution in [0.3, 0.4) is 0 Å². The van der Waals surface area contributed by atoms with Gasteiger partial charge in [-0.25, -0.2) is 9.67 Å². The molecule has 0 saturated heterocycles. The summed E-state index contributed by atoms with van der Waals surface area (Å²) in [4.78, 5) is 16.4. The van der Waals surface area contributed by atoms with Gasteiger partial charge in [-0.15, -0.1) is 11.8 Å². The summed E-state index contributed by atoms with van der Waals surface area (Å²) in [6.07, 6.45) is 3.89. The van der Waals surface area contributed by atoms with Crippen LogP contribution < -0.4 is 0 Å². The SMILES string of the molecule is CSc1ccccc1Cc1nc2n(n1)CC([N+](=O)[O-])CC2. The number of hydrogen-bond donors (Lipinski definition) is 0. The minimum Gasteiger partial charge on any atom is -0.264 e. The largest absolute Gasteiger partial charge is 0.264 e. The molecule has 7 heteroatoms. The van der Waals surface area contributed by atoms with Crippen molar-refractivity contribution in [1.82, 2.24) is 14.8 Å². The lowest BCUT2D eigenvalue weighted by Crippen LogP contribution is -2.31. The fraction of sp³-hybridized carbons (Fsp3) is 0.429. The van der Waals surface area contributed by atoms with Crippen LogP contribution in [0.15, 0.2) is 29.2 Å². The highest BCUT2D eigenvalue weighted by atomic mass is 32.2. The number of nitro groups is 1. The molecule has 2 aromatic rings. The molecule has 1 aromatic heterocycles. The van der Waals surface area contributed by atoms with Gasteiger partial charge in [-0.3, -0.25) is 10.1 Å². The third-order valence-electron chi connectivity index (χ3n) is 3.72. The van der Waals surface area contributed by atoms with Crippen molar-refractivity contribution in [2.24, 2.45) is 0 Å². The number of aryl methyl sites for hydroxylation is 1. The second kappa shape index (κ2) is 5.85. The average Bonchev–Trinajstić information content (AvgIpc) is 2.89. The van der Waals surface area contributed by atoms with E-state index in [2.05, 4.69) is 22.2 Å². The number of hydrogen-bond acceptors (Lipinski definition) is 5. The van der Waals surface area contributed by atoms with Crippen LogP contribution in [0.5, 0.6) is 0 Å². The molecule has 0 radical (unpaired) electrons. The van der Waals surface area contributed by atoms with Gasteiger partial charge in [0.2, 0.25) is 6.04 Å². The molecule has 6 nitrogen and oxygen atoms in total. The summed E-state index contributed by atoms with van der Waals surface area (Å²) in [6, 6.07) is 7.64. The van der Waals surface area contributed by atoms with Gasteiger partial charge in [0.1, 0.15) is 12.4 Å². The molecule has 0 spiro atoms. The lowest BCUT2D eigenvalue weighted by atomic mass is 10.1. The van der Waals surface area contributed by atoms with Crippen LogP contribution in [0.2, 0.25) is 0 Å². The van der Waals surface area contributed by atoms with Gasteiger partial charge in [0.15, 0.2) is 5.82 Å². The van der Waals surface area contributed by atoms with Crippen molar-refractivity contribution in [2.75, 3.05) is 6.26 Å². The summed E-state index contributed by atoms with van der Waals surface area (Å²) in [5, 5.41) is 15.3. The van der Waals surface area contributed by atoms with Crippen molar-refractivity contribution in [1.29, 1.82) is 0 Å². The topological polar surface area (TPSA) is 73.8 Å². The van der Waals surface area contributed by atoms with E-state index in [1.807, 2.05) is 18.4 Å². The Morgan fingerprint density at radius 3 is 3.05 bits per heavy atom. The van der Waals surface area contributed by atoms with Gasteiger partial charge in [0.05, 0.1) is 0 Å². The van der Waals surface area contributed by atoms with Crippen molar-refractivity contribution in [3.05, 3.63) is 51.6 Å². The van der Waals surface area contributed by atoms with E-state index in [-0.39, 0.29) is 4.92 Å². The van der Waals surface area contributed by atoms with E-state index < -0.39 is 6.04 Å². The number of aromatic nitrogens is 3. The van der Waals surface area contributed by atoms with Gasteiger partial charge in [-0.1, -0.05) is 18.2 Å². The summed E-state index contributed by atoms with van der Waals surface area (Å²) < 4.78 is 1.70. The van der Waals surface area contributed by atoms with Crippen LogP contribution in [-0.4, -0.2) is 32.0 Å². The Labute approximate surface area is 126 Å². The summed E-state index contributed by atoms with van der Waals surface area (Å²) in [5.74, 6) is 1.61. The lowest BCUT2D eigenvalue weighted by molar-refractivity contribution is -0.527. The molecule has 0 bridgehead atoms. The number of benzene rings is 1. The number of fused-ring (bicyclic) bond motifs is 1. The molecule has 1 aliphatic rings. The highest BCUT2D eigenvalue weighted by molar-refractivity contribution is 7.98. The van der Waals surface area contributed by atoms with Gasteiger partial charge in [0.25, 0.3) is 0 Å². The Kier molecular flexibility index (Phi) is 3.92. The summed E-state index contributed by atoms with van der Waals surface area (Å²) in [6.45, 7) is 0.333. The van der Waals surface area contributed by atoms with Crippen LogP contribution in [0.1, 0.15) is 23.6 Å². The molecule has 0 fully saturated rings. The first-order valence-electron chi connectivity index (χ1n) is 6.85. The Morgan fingerprint density at radius 1 is 1.48 bits per heavy atom. The molecular formula is C14H16N4O2S. The van der Waals surface area contributed by atoms with Crippen molar-refractivity contribution < 1.29 is 4.92 Å². The minimum atomic E-state index is -0.537. The molecule has 0 aliphatic carbocycles. The predicted octanol–water partition coefficient (Wildman–Crippen LogP) is 2.18. The van der Waals surface area contributed by atoms with E-state index in [9.17, 15) is 10.1 Å². The molecule has 1 aromatic carbocycles. The number of nitrogens with zero attached hydrogens (tertiary/aromatic N) is 4. The second-order valence-corrected chi connectivity index (χ2v) is 5.94. The average molecular weight is 304 g/mol. The molecule has 3 rings (SSSR count). The van der Waals surface area contributed by atoms with Crippen LogP contribution in [0.4, 0.5) is 0 Å². The van der Waals surface area contributed by atoms with Crippen LogP contribution in [0, 0.1) is 10.1 Å². The Morgan fingerprint density at radius 2 is 2.29 bits per heavy atom. The molecule has 110 valence electrons. The smallest absolute Gasteiger partial charge is 0.232 e. The van der Waals surface area contributed by atoms with Gasteiger partial charge < -0.3 is 0 Å². The lowest BCUT2D eigenvalue weighted by Gasteiger charge is -2.15. The quantitative estimate of drug-likeness (QED) is 0.492. The van der Waals surface area contributed by atoms with E-state index in [1.54, 1.807) is 16.4 Å². The van der Waals surface area contributed by atoms with Gasteiger partial charge in [-0.05, 0) is 17.9 Å². The summed E-state index contributed by atoms with van der Waals surface area (Å²) in [5.41, 5.74) is 1.19. The maximum atomic E-state index is 10.9. The zero-order valence-corrected chi connectivity index (χ0v) is 12.5. The Balaban J connectivity index is 1.81. The minimum absolute atomic E-state index is 0.215. The zero-order valence-electron chi connectivity index (χ0n) is 11.7. The van der Waals surface area contributed by atoms with Crippen molar-refractivity contribution in [2.45, 2.75) is 36.7 Å². The van der Waals surface area contributed by atoms with E-state index in [4.69, 9.17) is 0 Å². The van der Waals surface area contributed by atoms with Gasteiger partial charge in [-0.2, -0.15) is 5.10 Å². The molecule has 1 aliphatic heterocycles. The van der Waals surface area contributed by atoms with E-state index >= 15 is 0 Å². The third-order valence-corrected chi connectivity index (χ3v) is 4.55. The predicted molar refractivity (Wildman–Crippen MR) is 80.2 cm³/mol. The molecule has 0 saturated carbocycles. The number of rotatable bonds is 4. The van der Waals surface area contributed by atoms with E-state index in [0.717, 1.165) is 11.6 Å². The molecular weight excluding hydrogens is 288 g/mol. The normalized spacial score (nSPS) is 17.5. The molecule has 1 unspecified atom stereocenters. The van der Waals surface area contributed by atoms with E-state index in [1.165, 1.54) is 10.5 Å². The zero-order chi connectivity index (χ0) is 14.8. The first kappa shape index (κ1) is 14.1. The van der Waals surface area contributed by atoms with Crippen LogP contribution >= 0.6 is 11.8 Å². The van der Waals surface area contributed by atoms with Gasteiger partial charge >= 0.3 is 0 Å². The first-order chi connectivity index (χ1) is 10.2. The molecule has 0 amide bonds. The first-order valence-corrected chi connectivity index (χ1v) is 8.08. The maximum Gasteiger partial charge on any atom is 0.232 e. The van der Waals surface area contributed by atoms with Gasteiger partial charge in [0, 0.05) is 29.1 Å². The Hall–Kier alpha value is -1.89. The van der Waals surface area contributed by atoms with Crippen LogP contribution in [0.25, 0.3) is 0 Å². The molecule has 21 heavy (non-hydrogen) atoms. The highest BCUT2D eigenvalue weighted by Crippen LogP contribution is 2.22. The third kappa shape index (κ3) is 2.92. The van der Waals surface area contributed by atoms with E-state index in [0.29, 0.717) is 25.8 Å². The number of thioether (sulfide) groups is 1. The maximum absolute atomic E-state index is 10.9. The molecule has 0 N–H and O–H groups in total. The second-order valence-electron chi connectivity index (χ2n) is 5.09. The summed E-state index contributed by atoms with van der Waals surface area (Å²) >= 11 is 1.70. The summed E-state index contributed by atoms with van der Waals surface area (Å²) in [7, 11) is 0. The van der Waals surface area contributed by atoms with Crippen molar-refractivity contribution in [3.8, 4) is 0 Å². The fourth-order valence-corrected chi connectivity index (χ4v) is 3.23. The van der Waals surface area contributed by atoms with Crippen molar-refractivity contribution in [3.63, 3.8) is 0 Å². The van der Waals surface area contributed by atoms with Crippen molar-refractivity contribution >= 4 is 11.8 Å². The standard InChI is InChI=1S/C14H16N4O2S/c1-21-12-5-3-2-4-10(12)8-13-15-14-7-6-11(18(19)20)9-17(14)16-13/h2-5,11H,6-9H2,1H3. The fourth-order valence-electron chi connectivity index (χ4n) is 2.61. The van der Waals surface area contributed by atoms with Crippen LogP contribution in [-0.2, 0) is 19.4 Å². The highest BCUT2D eigenvalue weighted by Gasteiger charge is 2.28. The molecule has 2 heterocycles. The monoisotopic (exact) mass is 304 g/mol.